The fourth-order valence-electron chi connectivity index (χ4n) is 1.96. The molecule has 0 saturated carbocycles. The lowest BCUT2D eigenvalue weighted by molar-refractivity contribution is -0.145. The van der Waals surface area contributed by atoms with E-state index >= 15 is 0 Å². The van der Waals surface area contributed by atoms with Crippen LogP contribution in [-0.2, 0) is 20.7 Å². The topological polar surface area (TPSA) is 125 Å². The molecule has 0 radical (unpaired) electrons. The van der Waals surface area contributed by atoms with Gasteiger partial charge in [0, 0.05) is 6.42 Å². The van der Waals surface area contributed by atoms with E-state index in [4.69, 9.17) is 20.9 Å². The molecule has 7 heteroatoms. The smallest absolute Gasteiger partial charge is 0.323 e. The minimum absolute atomic E-state index is 0.0693. The van der Waals surface area contributed by atoms with Gasteiger partial charge in [-0.05, 0) is 43.5 Å². The molecule has 5 N–H and O–H groups in total. The highest BCUT2D eigenvalue weighted by molar-refractivity contribution is 5.76. The van der Waals surface area contributed by atoms with Crippen molar-refractivity contribution in [2.75, 3.05) is 13.2 Å². The number of esters is 2. The molecule has 0 aromatic heterocycles. The van der Waals surface area contributed by atoms with Crippen LogP contribution in [0.5, 0.6) is 11.5 Å². The molecule has 0 bridgehead atoms. The van der Waals surface area contributed by atoms with Gasteiger partial charge >= 0.3 is 11.9 Å². The van der Waals surface area contributed by atoms with Gasteiger partial charge in [-0.1, -0.05) is 19.4 Å². The molecular weight excluding hydrogens is 312 g/mol. The Balaban J connectivity index is 2.57. The zero-order valence-corrected chi connectivity index (χ0v) is 14.0. The standard InChI is InChI=1S/C17H26N2O5/c1-2-3-9-23-17(22)13(19)10-12-6-7-15(14(20)11-12)24-16(21)5-4-8-18/h6-7,11,13,20H,2-5,8-10,18-19H2,1H3/t13-/m0/s1. The minimum Gasteiger partial charge on any atom is -0.504 e. The van der Waals surface area contributed by atoms with E-state index in [9.17, 15) is 14.7 Å². The number of hydrogen-bond acceptors (Lipinski definition) is 7. The van der Waals surface area contributed by atoms with Gasteiger partial charge in [-0.15, -0.1) is 0 Å². The molecule has 0 amide bonds. The van der Waals surface area contributed by atoms with Crippen molar-refractivity contribution in [3.8, 4) is 11.5 Å². The number of aromatic hydroxyl groups is 1. The molecule has 1 atom stereocenters. The van der Waals surface area contributed by atoms with Crippen molar-refractivity contribution in [1.82, 2.24) is 0 Å². The summed E-state index contributed by atoms with van der Waals surface area (Å²) in [5.41, 5.74) is 11.8. The predicted molar refractivity (Wildman–Crippen MR) is 89.6 cm³/mol. The Morgan fingerprint density at radius 2 is 2.04 bits per heavy atom. The van der Waals surface area contributed by atoms with Crippen LogP contribution in [0.25, 0.3) is 0 Å². The molecule has 134 valence electrons. The molecule has 0 fully saturated rings. The van der Waals surface area contributed by atoms with E-state index in [1.807, 2.05) is 6.92 Å². The molecule has 1 aromatic carbocycles. The molecule has 0 aliphatic rings. The zero-order valence-electron chi connectivity index (χ0n) is 14.0. The van der Waals surface area contributed by atoms with Crippen molar-refractivity contribution in [3.63, 3.8) is 0 Å². The van der Waals surface area contributed by atoms with E-state index in [1.165, 1.54) is 12.1 Å². The van der Waals surface area contributed by atoms with E-state index in [0.29, 0.717) is 25.1 Å². The summed E-state index contributed by atoms with van der Waals surface area (Å²) in [6.45, 7) is 2.75. The van der Waals surface area contributed by atoms with Gasteiger partial charge in [0.1, 0.15) is 6.04 Å². The van der Waals surface area contributed by atoms with E-state index < -0.39 is 18.0 Å². The average molecular weight is 338 g/mol. The van der Waals surface area contributed by atoms with E-state index in [1.54, 1.807) is 6.07 Å². The summed E-state index contributed by atoms with van der Waals surface area (Å²) in [6, 6.07) is 3.73. The summed E-state index contributed by atoms with van der Waals surface area (Å²) < 4.78 is 10.1. The Morgan fingerprint density at radius 3 is 2.67 bits per heavy atom. The Labute approximate surface area is 141 Å². The third kappa shape index (κ3) is 6.97. The number of carbonyl (C=O) groups is 2. The Kier molecular flexibility index (Phi) is 8.81. The Morgan fingerprint density at radius 1 is 1.29 bits per heavy atom. The van der Waals surface area contributed by atoms with Gasteiger partial charge in [-0.2, -0.15) is 0 Å². The number of phenols is 1. The van der Waals surface area contributed by atoms with E-state index in [-0.39, 0.29) is 24.3 Å². The van der Waals surface area contributed by atoms with Crippen LogP contribution in [0, 0.1) is 0 Å². The van der Waals surface area contributed by atoms with Crippen molar-refractivity contribution >= 4 is 11.9 Å². The summed E-state index contributed by atoms with van der Waals surface area (Å²) in [6.07, 6.45) is 2.66. The first kappa shape index (κ1) is 19.9. The molecule has 24 heavy (non-hydrogen) atoms. The molecule has 1 aromatic rings. The number of ether oxygens (including phenoxy) is 2. The molecule has 0 aliphatic carbocycles. The van der Waals surface area contributed by atoms with Gasteiger partial charge in [0.25, 0.3) is 0 Å². The second-order valence-electron chi connectivity index (χ2n) is 5.50. The number of carbonyl (C=O) groups excluding carboxylic acids is 2. The molecule has 1 rings (SSSR count). The van der Waals surface area contributed by atoms with E-state index in [0.717, 1.165) is 12.8 Å². The lowest BCUT2D eigenvalue weighted by Crippen LogP contribution is -2.34. The van der Waals surface area contributed by atoms with Crippen molar-refractivity contribution in [2.45, 2.75) is 45.1 Å². The quantitative estimate of drug-likeness (QED) is 0.333. The fraction of sp³-hybridized carbons (Fsp3) is 0.529. The van der Waals surface area contributed by atoms with Gasteiger partial charge in [0.15, 0.2) is 11.5 Å². The SMILES string of the molecule is CCCCOC(=O)[C@@H](N)Cc1ccc(OC(=O)CCCN)c(O)c1. The summed E-state index contributed by atoms with van der Waals surface area (Å²) >= 11 is 0. The van der Waals surface area contributed by atoms with Crippen molar-refractivity contribution in [3.05, 3.63) is 23.8 Å². The van der Waals surface area contributed by atoms with Gasteiger partial charge < -0.3 is 26.0 Å². The molecule has 0 spiro atoms. The van der Waals surface area contributed by atoms with Crippen LogP contribution in [0.1, 0.15) is 38.2 Å². The third-order valence-electron chi connectivity index (χ3n) is 3.33. The second-order valence-corrected chi connectivity index (χ2v) is 5.50. The monoisotopic (exact) mass is 338 g/mol. The second kappa shape index (κ2) is 10.6. The summed E-state index contributed by atoms with van der Waals surface area (Å²) in [5.74, 6) is -1.04. The highest BCUT2D eigenvalue weighted by Crippen LogP contribution is 2.27. The summed E-state index contributed by atoms with van der Waals surface area (Å²) in [7, 11) is 0. The number of benzene rings is 1. The maximum Gasteiger partial charge on any atom is 0.323 e. The average Bonchev–Trinajstić information content (AvgIpc) is 2.55. The molecular formula is C17H26N2O5. The number of rotatable bonds is 10. The third-order valence-corrected chi connectivity index (χ3v) is 3.33. The van der Waals surface area contributed by atoms with Gasteiger partial charge in [0.2, 0.25) is 0 Å². The molecule has 0 heterocycles. The first-order chi connectivity index (χ1) is 11.5. The molecule has 0 saturated heterocycles. The fourth-order valence-corrected chi connectivity index (χ4v) is 1.96. The summed E-state index contributed by atoms with van der Waals surface area (Å²) in [5, 5.41) is 9.93. The highest BCUT2D eigenvalue weighted by Gasteiger charge is 2.17. The Hall–Kier alpha value is -2.12. The van der Waals surface area contributed by atoms with Crippen molar-refractivity contribution in [1.29, 1.82) is 0 Å². The van der Waals surface area contributed by atoms with Gasteiger partial charge in [0.05, 0.1) is 6.61 Å². The van der Waals surface area contributed by atoms with E-state index in [2.05, 4.69) is 0 Å². The number of phenolic OH excluding ortho intramolecular Hbond substituents is 1. The van der Waals surface area contributed by atoms with Crippen LogP contribution < -0.4 is 16.2 Å². The van der Waals surface area contributed by atoms with Crippen molar-refractivity contribution < 1.29 is 24.2 Å². The van der Waals surface area contributed by atoms with Crippen LogP contribution in [0.3, 0.4) is 0 Å². The van der Waals surface area contributed by atoms with Crippen molar-refractivity contribution in [2.24, 2.45) is 11.5 Å². The number of unbranched alkanes of at least 4 members (excludes halogenated alkanes) is 1. The van der Waals surface area contributed by atoms with Crippen LogP contribution in [-0.4, -0.2) is 36.2 Å². The molecule has 0 aliphatic heterocycles. The van der Waals surface area contributed by atoms with Crippen LogP contribution >= 0.6 is 0 Å². The molecule has 0 unspecified atom stereocenters. The number of hydrogen-bond donors (Lipinski definition) is 3. The maximum absolute atomic E-state index is 11.7. The van der Waals surface area contributed by atoms with Gasteiger partial charge in [-0.3, -0.25) is 9.59 Å². The maximum atomic E-state index is 11.7. The van der Waals surface area contributed by atoms with Crippen LogP contribution in [0.2, 0.25) is 0 Å². The number of nitrogens with two attached hydrogens (primary N) is 2. The Bertz CT molecular complexity index is 548. The van der Waals surface area contributed by atoms with Gasteiger partial charge in [-0.25, -0.2) is 0 Å². The lowest BCUT2D eigenvalue weighted by Gasteiger charge is -2.12. The largest absolute Gasteiger partial charge is 0.504 e. The first-order valence-electron chi connectivity index (χ1n) is 8.12. The lowest BCUT2D eigenvalue weighted by atomic mass is 10.1. The molecule has 7 nitrogen and oxygen atoms in total. The normalized spacial score (nSPS) is 11.8. The highest BCUT2D eigenvalue weighted by atomic mass is 16.5. The van der Waals surface area contributed by atoms with Crippen LogP contribution in [0.4, 0.5) is 0 Å². The predicted octanol–water partition coefficient (Wildman–Crippen LogP) is 1.25. The first-order valence-corrected chi connectivity index (χ1v) is 8.12. The van der Waals surface area contributed by atoms with Crippen LogP contribution in [0.15, 0.2) is 18.2 Å². The zero-order chi connectivity index (χ0) is 17.9. The summed E-state index contributed by atoms with van der Waals surface area (Å²) in [4.78, 5) is 23.3. The minimum atomic E-state index is -0.806.